The molecule has 1 aliphatic heterocycles. The van der Waals surface area contributed by atoms with E-state index in [0.717, 1.165) is 0 Å². The topological polar surface area (TPSA) is 124 Å². The van der Waals surface area contributed by atoms with Crippen LogP contribution in [0.4, 0.5) is 0 Å². The number of hydrogen-bond acceptors (Lipinski definition) is 4. The largest absolute Gasteiger partial charge is 0.480 e. The van der Waals surface area contributed by atoms with Crippen molar-refractivity contribution >= 4 is 13.6 Å². The maximum absolute atomic E-state index is 10.8. The zero-order valence-corrected chi connectivity index (χ0v) is 9.06. The van der Waals surface area contributed by atoms with Crippen molar-refractivity contribution in [1.82, 2.24) is 4.90 Å². The van der Waals surface area contributed by atoms with Crippen LogP contribution in [0.5, 0.6) is 0 Å². The van der Waals surface area contributed by atoms with Gasteiger partial charge in [-0.05, 0) is 19.4 Å². The van der Waals surface area contributed by atoms with E-state index in [4.69, 9.17) is 20.6 Å². The van der Waals surface area contributed by atoms with E-state index in [1.807, 2.05) is 0 Å². The minimum atomic E-state index is -4.14. The van der Waals surface area contributed by atoms with Crippen LogP contribution in [-0.2, 0) is 9.36 Å². The lowest BCUT2D eigenvalue weighted by Gasteiger charge is -2.37. The van der Waals surface area contributed by atoms with Crippen molar-refractivity contribution in [3.8, 4) is 0 Å². The second-order valence-electron chi connectivity index (χ2n) is 3.92. The van der Waals surface area contributed by atoms with Gasteiger partial charge in [-0.3, -0.25) is 14.3 Å². The summed E-state index contributed by atoms with van der Waals surface area (Å²) >= 11 is 0. The van der Waals surface area contributed by atoms with Crippen molar-refractivity contribution in [3.05, 3.63) is 0 Å². The molecule has 1 aliphatic rings. The first-order valence-electron chi connectivity index (χ1n) is 4.52. The average Bonchev–Trinajstić information content (AvgIpc) is 2.00. The first kappa shape index (κ1) is 12.6. The fourth-order valence-corrected chi connectivity index (χ4v) is 2.49. The summed E-state index contributed by atoms with van der Waals surface area (Å²) in [5.74, 6) is -1.13. The first-order chi connectivity index (χ1) is 6.73. The molecule has 1 atom stereocenters. The SMILES string of the molecule is NC1(C(=O)O)CCCN(CP(=O)(O)O)C1. The van der Waals surface area contributed by atoms with E-state index >= 15 is 0 Å². The van der Waals surface area contributed by atoms with Gasteiger partial charge in [-0.1, -0.05) is 0 Å². The summed E-state index contributed by atoms with van der Waals surface area (Å²) in [6.07, 6.45) is 0.433. The molecule has 5 N–H and O–H groups in total. The number of nitrogens with zero attached hydrogens (tertiary/aromatic N) is 1. The van der Waals surface area contributed by atoms with Crippen LogP contribution >= 0.6 is 7.60 Å². The maximum Gasteiger partial charge on any atom is 0.339 e. The quantitative estimate of drug-likeness (QED) is 0.465. The number of piperidine rings is 1. The highest BCUT2D eigenvalue weighted by Gasteiger charge is 2.39. The number of hydrogen-bond donors (Lipinski definition) is 4. The second kappa shape index (κ2) is 4.19. The molecule has 88 valence electrons. The number of aliphatic carboxylic acids is 1. The van der Waals surface area contributed by atoms with Crippen molar-refractivity contribution in [2.24, 2.45) is 5.73 Å². The summed E-state index contributed by atoms with van der Waals surface area (Å²) in [4.78, 5) is 29.8. The van der Waals surface area contributed by atoms with Crippen LogP contribution in [0.2, 0.25) is 0 Å². The molecule has 0 aliphatic carbocycles. The van der Waals surface area contributed by atoms with Crippen LogP contribution in [0.3, 0.4) is 0 Å². The number of carboxylic acids is 1. The third-order valence-electron chi connectivity index (χ3n) is 2.41. The number of nitrogens with two attached hydrogens (primary N) is 1. The molecule has 0 spiro atoms. The van der Waals surface area contributed by atoms with E-state index in [0.29, 0.717) is 19.4 Å². The van der Waals surface area contributed by atoms with Gasteiger partial charge in [0.15, 0.2) is 0 Å². The monoisotopic (exact) mass is 238 g/mol. The second-order valence-corrected chi connectivity index (χ2v) is 5.54. The number of likely N-dealkylation sites (tertiary alicyclic amines) is 1. The van der Waals surface area contributed by atoms with E-state index in [1.165, 1.54) is 4.90 Å². The molecule has 0 aromatic carbocycles. The summed E-state index contributed by atoms with van der Waals surface area (Å²) in [5, 5.41) is 8.87. The number of carbonyl (C=O) groups is 1. The molecule has 0 saturated carbocycles. The molecule has 1 fully saturated rings. The van der Waals surface area contributed by atoms with E-state index < -0.39 is 25.4 Å². The van der Waals surface area contributed by atoms with Crippen molar-refractivity contribution in [1.29, 1.82) is 0 Å². The molecule has 15 heavy (non-hydrogen) atoms. The van der Waals surface area contributed by atoms with E-state index in [2.05, 4.69) is 0 Å². The van der Waals surface area contributed by atoms with Gasteiger partial charge in [0, 0.05) is 6.54 Å². The minimum absolute atomic E-state index is 0.0204. The van der Waals surface area contributed by atoms with Gasteiger partial charge in [-0.2, -0.15) is 0 Å². The van der Waals surface area contributed by atoms with Crippen LogP contribution in [-0.4, -0.2) is 50.7 Å². The highest BCUT2D eigenvalue weighted by atomic mass is 31.2. The Kier molecular flexibility index (Phi) is 3.52. The highest BCUT2D eigenvalue weighted by Crippen LogP contribution is 2.36. The van der Waals surface area contributed by atoms with Gasteiger partial charge in [0.25, 0.3) is 0 Å². The summed E-state index contributed by atoms with van der Waals surface area (Å²) in [5.41, 5.74) is 4.24. The molecule has 8 heteroatoms. The minimum Gasteiger partial charge on any atom is -0.480 e. The van der Waals surface area contributed by atoms with Crippen LogP contribution in [0.25, 0.3) is 0 Å². The molecule has 1 rings (SSSR count). The maximum atomic E-state index is 10.8. The Labute approximate surface area is 87.0 Å². The lowest BCUT2D eigenvalue weighted by molar-refractivity contribution is -0.145. The van der Waals surface area contributed by atoms with Gasteiger partial charge in [0.1, 0.15) is 11.8 Å². The first-order valence-corrected chi connectivity index (χ1v) is 6.32. The molecule has 0 radical (unpaired) electrons. The Balaban J connectivity index is 2.64. The van der Waals surface area contributed by atoms with Gasteiger partial charge in [0.05, 0.1) is 0 Å². The average molecular weight is 238 g/mol. The molecule has 0 aromatic rings. The van der Waals surface area contributed by atoms with Crippen molar-refractivity contribution in [2.75, 3.05) is 19.4 Å². The fraction of sp³-hybridized carbons (Fsp3) is 0.857. The van der Waals surface area contributed by atoms with Crippen LogP contribution in [0, 0.1) is 0 Å². The molecule has 0 aromatic heterocycles. The van der Waals surface area contributed by atoms with Crippen molar-refractivity contribution < 1.29 is 24.3 Å². The molecule has 1 heterocycles. The molecule has 1 saturated heterocycles. The summed E-state index contributed by atoms with van der Waals surface area (Å²) in [6.45, 7) is 0.449. The normalized spacial score (nSPS) is 29.0. The predicted octanol–water partition coefficient (Wildman–Crippen LogP) is -1.00. The molecule has 1 unspecified atom stereocenters. The third-order valence-corrected chi connectivity index (χ3v) is 3.18. The lowest BCUT2D eigenvalue weighted by Crippen LogP contribution is -2.59. The summed E-state index contributed by atoms with van der Waals surface area (Å²) in [7, 11) is -4.14. The lowest BCUT2D eigenvalue weighted by atomic mass is 9.91. The van der Waals surface area contributed by atoms with Crippen LogP contribution in [0.1, 0.15) is 12.8 Å². The molecular weight excluding hydrogens is 223 g/mol. The molecule has 7 nitrogen and oxygen atoms in total. The Morgan fingerprint density at radius 2 is 2.13 bits per heavy atom. The van der Waals surface area contributed by atoms with Crippen LogP contribution in [0.15, 0.2) is 0 Å². The Morgan fingerprint density at radius 3 is 2.60 bits per heavy atom. The van der Waals surface area contributed by atoms with Crippen LogP contribution < -0.4 is 5.73 Å². The third kappa shape index (κ3) is 3.55. The molecular formula is C7H15N2O5P. The molecule has 0 bridgehead atoms. The smallest absolute Gasteiger partial charge is 0.339 e. The highest BCUT2D eigenvalue weighted by molar-refractivity contribution is 7.51. The Bertz CT molecular complexity index is 304. The summed E-state index contributed by atoms with van der Waals surface area (Å²) < 4.78 is 10.7. The standard InChI is InChI=1S/C7H15N2O5P/c8-7(6(10)11)2-1-3-9(4-7)5-15(12,13)14/h1-5,8H2,(H,10,11)(H2,12,13,14). The van der Waals surface area contributed by atoms with E-state index in [9.17, 15) is 9.36 Å². The Morgan fingerprint density at radius 1 is 1.53 bits per heavy atom. The van der Waals surface area contributed by atoms with E-state index in [-0.39, 0.29) is 6.54 Å². The number of rotatable bonds is 3. The van der Waals surface area contributed by atoms with Crippen molar-refractivity contribution in [2.45, 2.75) is 18.4 Å². The van der Waals surface area contributed by atoms with Gasteiger partial charge >= 0.3 is 13.6 Å². The van der Waals surface area contributed by atoms with Gasteiger partial charge in [-0.15, -0.1) is 0 Å². The number of carboxylic acid groups (broad SMARTS) is 1. The molecule has 0 amide bonds. The van der Waals surface area contributed by atoms with Gasteiger partial charge in [0.2, 0.25) is 0 Å². The van der Waals surface area contributed by atoms with Gasteiger partial charge in [-0.25, -0.2) is 0 Å². The zero-order chi connectivity index (χ0) is 11.7. The predicted molar refractivity (Wildman–Crippen MR) is 52.3 cm³/mol. The zero-order valence-electron chi connectivity index (χ0n) is 8.17. The summed E-state index contributed by atoms with van der Waals surface area (Å²) in [6, 6.07) is 0. The fourth-order valence-electron chi connectivity index (χ4n) is 1.73. The van der Waals surface area contributed by atoms with E-state index in [1.54, 1.807) is 0 Å². The Hall–Kier alpha value is -0.460. The van der Waals surface area contributed by atoms with Gasteiger partial charge < -0.3 is 20.6 Å². The van der Waals surface area contributed by atoms with Crippen molar-refractivity contribution in [3.63, 3.8) is 0 Å².